The highest BCUT2D eigenvalue weighted by Gasteiger charge is 2.23. The van der Waals surface area contributed by atoms with Gasteiger partial charge in [0.2, 0.25) is 0 Å². The van der Waals surface area contributed by atoms with E-state index in [4.69, 9.17) is 10.5 Å². The standard InChI is InChI=1S/C23H28N2O2/c1-18(8-7-15-24)16-25(17-20-9-5-4-6-10-20)19(2)23(26)21-11-13-22(27-3)14-12-21/h4-14,19H,1,15-17,24H2,2-3H3/b8-7-. The van der Waals surface area contributed by atoms with Gasteiger partial charge in [-0.2, -0.15) is 0 Å². The maximum atomic E-state index is 13.0. The zero-order chi connectivity index (χ0) is 19.6. The largest absolute Gasteiger partial charge is 0.497 e. The third-order valence-corrected chi connectivity index (χ3v) is 4.43. The predicted octanol–water partition coefficient (Wildman–Crippen LogP) is 3.84. The Morgan fingerprint density at radius 2 is 1.85 bits per heavy atom. The summed E-state index contributed by atoms with van der Waals surface area (Å²) in [6.07, 6.45) is 3.79. The van der Waals surface area contributed by atoms with Gasteiger partial charge in [0.05, 0.1) is 13.2 Å². The van der Waals surface area contributed by atoms with Gasteiger partial charge in [-0.1, -0.05) is 49.1 Å². The Kier molecular flexibility index (Phi) is 7.99. The van der Waals surface area contributed by atoms with E-state index in [1.165, 1.54) is 0 Å². The molecule has 0 radical (unpaired) electrons. The van der Waals surface area contributed by atoms with Gasteiger partial charge in [0.1, 0.15) is 5.75 Å². The molecule has 0 spiro atoms. The first-order chi connectivity index (χ1) is 13.0. The van der Waals surface area contributed by atoms with E-state index in [0.29, 0.717) is 25.2 Å². The number of ether oxygens (including phenoxy) is 1. The number of benzene rings is 2. The molecule has 2 aromatic carbocycles. The Bertz CT molecular complexity index is 767. The van der Waals surface area contributed by atoms with Gasteiger partial charge in [-0.3, -0.25) is 9.69 Å². The molecule has 0 heterocycles. The van der Waals surface area contributed by atoms with Crippen molar-refractivity contribution in [2.24, 2.45) is 5.73 Å². The second-order valence-electron chi connectivity index (χ2n) is 6.46. The Hall–Kier alpha value is -2.69. The summed E-state index contributed by atoms with van der Waals surface area (Å²) < 4.78 is 5.17. The number of hydrogen-bond acceptors (Lipinski definition) is 4. The van der Waals surface area contributed by atoms with Gasteiger partial charge >= 0.3 is 0 Å². The van der Waals surface area contributed by atoms with Crippen molar-refractivity contribution in [3.63, 3.8) is 0 Å². The topological polar surface area (TPSA) is 55.6 Å². The van der Waals surface area contributed by atoms with Gasteiger partial charge in [-0.05, 0) is 42.3 Å². The summed E-state index contributed by atoms with van der Waals surface area (Å²) in [7, 11) is 1.61. The second-order valence-corrected chi connectivity index (χ2v) is 6.46. The molecule has 142 valence electrons. The molecule has 0 fully saturated rings. The molecule has 0 aliphatic carbocycles. The highest BCUT2D eigenvalue weighted by molar-refractivity contribution is 6.00. The first kappa shape index (κ1) is 20.6. The van der Waals surface area contributed by atoms with E-state index in [1.54, 1.807) is 7.11 Å². The summed E-state index contributed by atoms with van der Waals surface area (Å²) in [6, 6.07) is 17.1. The van der Waals surface area contributed by atoms with Crippen LogP contribution in [0.2, 0.25) is 0 Å². The number of methoxy groups -OCH3 is 1. The van der Waals surface area contributed by atoms with Gasteiger partial charge in [0, 0.05) is 25.2 Å². The first-order valence-corrected chi connectivity index (χ1v) is 9.05. The number of ketones is 1. The first-order valence-electron chi connectivity index (χ1n) is 9.05. The van der Waals surface area contributed by atoms with E-state index in [0.717, 1.165) is 16.9 Å². The number of Topliss-reactive ketones (excluding diaryl/α,β-unsaturated/α-hetero) is 1. The van der Waals surface area contributed by atoms with Crippen LogP contribution in [0.25, 0.3) is 0 Å². The fourth-order valence-electron chi connectivity index (χ4n) is 2.86. The highest BCUT2D eigenvalue weighted by Crippen LogP contribution is 2.17. The Morgan fingerprint density at radius 1 is 1.19 bits per heavy atom. The normalized spacial score (nSPS) is 12.3. The van der Waals surface area contributed by atoms with E-state index in [9.17, 15) is 4.79 Å². The van der Waals surface area contributed by atoms with E-state index < -0.39 is 0 Å². The van der Waals surface area contributed by atoms with Crippen molar-refractivity contribution in [2.45, 2.75) is 19.5 Å². The fourth-order valence-corrected chi connectivity index (χ4v) is 2.86. The van der Waals surface area contributed by atoms with Crippen LogP contribution in [0.15, 0.2) is 78.9 Å². The molecule has 0 bridgehead atoms. The van der Waals surface area contributed by atoms with Crippen molar-refractivity contribution in [3.05, 3.63) is 90.0 Å². The van der Waals surface area contributed by atoms with Gasteiger partial charge in [-0.25, -0.2) is 0 Å². The number of carbonyl (C=O) groups excluding carboxylic acids is 1. The quantitative estimate of drug-likeness (QED) is 0.514. The lowest BCUT2D eigenvalue weighted by atomic mass is 10.0. The van der Waals surface area contributed by atoms with E-state index in [1.807, 2.05) is 61.5 Å². The van der Waals surface area contributed by atoms with Gasteiger partial charge < -0.3 is 10.5 Å². The Labute approximate surface area is 161 Å². The second kappa shape index (κ2) is 10.5. The van der Waals surface area contributed by atoms with Crippen LogP contribution in [0.5, 0.6) is 5.75 Å². The number of rotatable bonds is 10. The minimum atomic E-state index is -0.290. The van der Waals surface area contributed by atoms with Crippen LogP contribution in [-0.4, -0.2) is 36.9 Å². The lowest BCUT2D eigenvalue weighted by Crippen LogP contribution is -2.39. The van der Waals surface area contributed by atoms with Crippen LogP contribution >= 0.6 is 0 Å². The Morgan fingerprint density at radius 3 is 2.44 bits per heavy atom. The van der Waals surface area contributed by atoms with Crippen molar-refractivity contribution in [1.29, 1.82) is 0 Å². The molecule has 0 saturated heterocycles. The average Bonchev–Trinajstić information content (AvgIpc) is 2.71. The van der Waals surface area contributed by atoms with Gasteiger partial charge in [0.15, 0.2) is 5.78 Å². The molecule has 27 heavy (non-hydrogen) atoms. The van der Waals surface area contributed by atoms with Crippen LogP contribution in [0.1, 0.15) is 22.8 Å². The van der Waals surface area contributed by atoms with Crippen molar-refractivity contribution < 1.29 is 9.53 Å². The average molecular weight is 364 g/mol. The summed E-state index contributed by atoms with van der Waals surface area (Å²) in [4.78, 5) is 15.2. The maximum absolute atomic E-state index is 13.0. The molecule has 0 aromatic heterocycles. The molecule has 2 aromatic rings. The fraction of sp³-hybridized carbons (Fsp3) is 0.261. The summed E-state index contributed by atoms with van der Waals surface area (Å²) in [5.74, 6) is 0.810. The molecule has 1 atom stereocenters. The SMILES string of the molecule is C=C(/C=C\CN)CN(Cc1ccccc1)C(C)C(=O)c1ccc(OC)cc1. The van der Waals surface area contributed by atoms with Gasteiger partial charge in [0.25, 0.3) is 0 Å². The molecule has 2 N–H and O–H groups in total. The van der Waals surface area contributed by atoms with Gasteiger partial charge in [-0.15, -0.1) is 0 Å². The summed E-state index contributed by atoms with van der Waals surface area (Å²) in [6.45, 7) is 7.77. The van der Waals surface area contributed by atoms with Crippen molar-refractivity contribution in [1.82, 2.24) is 4.90 Å². The van der Waals surface area contributed by atoms with E-state index in [-0.39, 0.29) is 11.8 Å². The third-order valence-electron chi connectivity index (χ3n) is 4.43. The molecule has 4 heteroatoms. The molecule has 1 unspecified atom stereocenters. The maximum Gasteiger partial charge on any atom is 0.179 e. The lowest BCUT2D eigenvalue weighted by Gasteiger charge is -2.28. The molecule has 2 rings (SSSR count). The van der Waals surface area contributed by atoms with Crippen molar-refractivity contribution >= 4 is 5.78 Å². The summed E-state index contributed by atoms with van der Waals surface area (Å²) in [5, 5.41) is 0. The number of hydrogen-bond donors (Lipinski definition) is 1. The van der Waals surface area contributed by atoms with Crippen LogP contribution in [-0.2, 0) is 6.54 Å². The molecule has 0 aliphatic heterocycles. The smallest absolute Gasteiger partial charge is 0.179 e. The predicted molar refractivity (Wildman–Crippen MR) is 111 cm³/mol. The van der Waals surface area contributed by atoms with Crippen molar-refractivity contribution in [3.8, 4) is 5.75 Å². The van der Waals surface area contributed by atoms with E-state index >= 15 is 0 Å². The van der Waals surface area contributed by atoms with Crippen LogP contribution in [0.3, 0.4) is 0 Å². The molecular formula is C23H28N2O2. The zero-order valence-electron chi connectivity index (χ0n) is 16.1. The molecular weight excluding hydrogens is 336 g/mol. The molecule has 0 saturated carbocycles. The number of nitrogens with two attached hydrogens (primary N) is 1. The highest BCUT2D eigenvalue weighted by atomic mass is 16.5. The molecule has 4 nitrogen and oxygen atoms in total. The van der Waals surface area contributed by atoms with Crippen LogP contribution < -0.4 is 10.5 Å². The van der Waals surface area contributed by atoms with E-state index in [2.05, 4.69) is 23.6 Å². The van der Waals surface area contributed by atoms with Crippen LogP contribution in [0.4, 0.5) is 0 Å². The summed E-state index contributed by atoms with van der Waals surface area (Å²) in [5.41, 5.74) is 8.28. The number of nitrogens with zero attached hydrogens (tertiary/aromatic N) is 1. The molecule has 0 aliphatic rings. The molecule has 0 amide bonds. The zero-order valence-corrected chi connectivity index (χ0v) is 16.1. The minimum absolute atomic E-state index is 0.0733. The lowest BCUT2D eigenvalue weighted by molar-refractivity contribution is 0.0842. The monoisotopic (exact) mass is 364 g/mol. The van der Waals surface area contributed by atoms with Crippen molar-refractivity contribution in [2.75, 3.05) is 20.2 Å². The summed E-state index contributed by atoms with van der Waals surface area (Å²) >= 11 is 0. The minimum Gasteiger partial charge on any atom is -0.497 e. The van der Waals surface area contributed by atoms with Crippen LogP contribution in [0, 0.1) is 0 Å². The number of carbonyl (C=O) groups is 1. The third kappa shape index (κ3) is 6.20. The Balaban J connectivity index is 2.19.